The third-order valence-corrected chi connectivity index (χ3v) is 2.62. The number of alkyl halides is 2. The van der Waals surface area contributed by atoms with Crippen LogP contribution in [0.15, 0.2) is 54.6 Å². The van der Waals surface area contributed by atoms with Crippen molar-refractivity contribution in [2.75, 3.05) is 12.0 Å². The maximum Gasteiger partial charge on any atom is 0.272 e. The molecule has 0 fully saturated rings. The number of benzene rings is 2. The van der Waals surface area contributed by atoms with E-state index in [9.17, 15) is 8.78 Å². The van der Waals surface area contributed by atoms with Crippen molar-refractivity contribution in [3.05, 3.63) is 60.2 Å². The average molecular weight is 278 g/mol. The van der Waals surface area contributed by atoms with E-state index in [2.05, 4.69) is 10.9 Å². The molecule has 106 valence electrons. The molecular formula is C15H16F2N2O. The van der Waals surface area contributed by atoms with Gasteiger partial charge >= 0.3 is 0 Å². The first kappa shape index (κ1) is 14.3. The van der Waals surface area contributed by atoms with Gasteiger partial charge in [0.1, 0.15) is 12.4 Å². The first-order valence-electron chi connectivity index (χ1n) is 6.28. The van der Waals surface area contributed by atoms with Gasteiger partial charge in [-0.25, -0.2) is 14.2 Å². The second-order valence-electron chi connectivity index (χ2n) is 4.15. The normalized spacial score (nSPS) is 10.6. The lowest BCUT2D eigenvalue weighted by Crippen LogP contribution is -2.21. The number of hydrogen-bond donors (Lipinski definition) is 2. The van der Waals surface area contributed by atoms with Crippen LogP contribution in [0.3, 0.4) is 0 Å². The minimum absolute atomic E-state index is 0.467. The molecule has 2 aromatic carbocycles. The fourth-order valence-electron chi connectivity index (χ4n) is 1.71. The number of para-hydroxylation sites is 2. The highest BCUT2D eigenvalue weighted by Gasteiger charge is 2.07. The fourth-order valence-corrected chi connectivity index (χ4v) is 1.71. The van der Waals surface area contributed by atoms with Crippen molar-refractivity contribution in [2.45, 2.75) is 13.0 Å². The van der Waals surface area contributed by atoms with E-state index in [0.29, 0.717) is 12.3 Å². The first-order valence-corrected chi connectivity index (χ1v) is 6.28. The lowest BCUT2D eigenvalue weighted by atomic mass is 10.2. The molecule has 20 heavy (non-hydrogen) atoms. The molecule has 2 N–H and O–H groups in total. The Labute approximate surface area is 116 Å². The van der Waals surface area contributed by atoms with Gasteiger partial charge in [0.05, 0.1) is 0 Å². The quantitative estimate of drug-likeness (QED) is 0.761. The second-order valence-corrected chi connectivity index (χ2v) is 4.15. The highest BCUT2D eigenvalue weighted by molar-refractivity contribution is 5.41. The maximum absolute atomic E-state index is 12.2. The zero-order valence-corrected chi connectivity index (χ0v) is 10.9. The number of hydrazine groups is 1. The Balaban J connectivity index is 1.89. The third kappa shape index (κ3) is 4.51. The van der Waals surface area contributed by atoms with Gasteiger partial charge in [0, 0.05) is 17.8 Å². The average Bonchev–Trinajstić information content (AvgIpc) is 2.47. The zero-order valence-electron chi connectivity index (χ0n) is 10.9. The summed E-state index contributed by atoms with van der Waals surface area (Å²) in [4.78, 5) is 0. The Hall–Kier alpha value is -2.14. The van der Waals surface area contributed by atoms with Crippen LogP contribution in [0.25, 0.3) is 0 Å². The van der Waals surface area contributed by atoms with Crippen molar-refractivity contribution in [1.82, 2.24) is 5.43 Å². The standard InChI is InChI=1S/C15H16F2N2O/c16-15(17)11-20-14-9-5-4-6-12(14)10-18-19-13-7-2-1-3-8-13/h1-9,15,18-19H,10-11H2. The Morgan fingerprint density at radius 3 is 2.40 bits per heavy atom. The van der Waals surface area contributed by atoms with Gasteiger partial charge in [-0.3, -0.25) is 0 Å². The van der Waals surface area contributed by atoms with E-state index in [1.165, 1.54) is 0 Å². The van der Waals surface area contributed by atoms with E-state index in [-0.39, 0.29) is 0 Å². The van der Waals surface area contributed by atoms with Crippen molar-refractivity contribution < 1.29 is 13.5 Å². The van der Waals surface area contributed by atoms with Gasteiger partial charge in [-0.05, 0) is 18.2 Å². The number of anilines is 1. The molecule has 3 nitrogen and oxygen atoms in total. The Bertz CT molecular complexity index is 520. The largest absolute Gasteiger partial charge is 0.487 e. The van der Waals surface area contributed by atoms with Gasteiger partial charge in [0.2, 0.25) is 0 Å². The fraction of sp³-hybridized carbons (Fsp3) is 0.200. The predicted octanol–water partition coefficient (Wildman–Crippen LogP) is 3.45. The number of ether oxygens (including phenoxy) is 1. The summed E-state index contributed by atoms with van der Waals surface area (Å²) in [5.41, 5.74) is 7.81. The van der Waals surface area contributed by atoms with Crippen molar-refractivity contribution in [1.29, 1.82) is 0 Å². The van der Waals surface area contributed by atoms with Gasteiger partial charge in [0.15, 0.2) is 0 Å². The number of hydrogen-bond acceptors (Lipinski definition) is 3. The number of halogens is 2. The highest BCUT2D eigenvalue weighted by Crippen LogP contribution is 2.18. The van der Waals surface area contributed by atoms with Crippen molar-refractivity contribution in [3.63, 3.8) is 0 Å². The summed E-state index contributed by atoms with van der Waals surface area (Å²) in [5.74, 6) is 0.468. The van der Waals surface area contributed by atoms with Crippen molar-refractivity contribution >= 4 is 5.69 Å². The smallest absolute Gasteiger partial charge is 0.272 e. The molecule has 2 rings (SSSR count). The molecule has 5 heteroatoms. The molecule has 0 amide bonds. The van der Waals surface area contributed by atoms with Crippen molar-refractivity contribution in [3.8, 4) is 5.75 Å². The summed E-state index contributed by atoms with van der Waals surface area (Å²) >= 11 is 0. The summed E-state index contributed by atoms with van der Waals surface area (Å²) in [5, 5.41) is 0. The number of rotatable bonds is 7. The molecule has 0 aliphatic carbocycles. The maximum atomic E-state index is 12.2. The lowest BCUT2D eigenvalue weighted by Gasteiger charge is -2.13. The van der Waals surface area contributed by atoms with Gasteiger partial charge in [0.25, 0.3) is 6.43 Å². The molecule has 0 spiro atoms. The Morgan fingerprint density at radius 2 is 1.65 bits per heavy atom. The van der Waals surface area contributed by atoms with E-state index in [1.807, 2.05) is 42.5 Å². The molecular weight excluding hydrogens is 262 g/mol. The molecule has 0 aliphatic rings. The van der Waals surface area contributed by atoms with Crippen LogP contribution in [-0.4, -0.2) is 13.0 Å². The topological polar surface area (TPSA) is 33.3 Å². The molecule has 0 aromatic heterocycles. The highest BCUT2D eigenvalue weighted by atomic mass is 19.3. The van der Waals surface area contributed by atoms with Crippen LogP contribution in [-0.2, 0) is 6.54 Å². The molecule has 0 unspecified atom stereocenters. The van der Waals surface area contributed by atoms with Gasteiger partial charge in [-0.15, -0.1) is 0 Å². The zero-order chi connectivity index (χ0) is 14.2. The van der Waals surface area contributed by atoms with E-state index in [1.54, 1.807) is 12.1 Å². The minimum Gasteiger partial charge on any atom is -0.487 e. The molecule has 0 saturated carbocycles. The Morgan fingerprint density at radius 1 is 0.950 bits per heavy atom. The SMILES string of the molecule is FC(F)COc1ccccc1CNNc1ccccc1. The van der Waals surface area contributed by atoms with Crippen LogP contribution < -0.4 is 15.6 Å². The summed E-state index contributed by atoms with van der Waals surface area (Å²) in [7, 11) is 0. The van der Waals surface area contributed by atoms with Gasteiger partial charge < -0.3 is 10.2 Å². The molecule has 0 saturated heterocycles. The monoisotopic (exact) mass is 278 g/mol. The molecule has 0 heterocycles. The van der Waals surface area contributed by atoms with Crippen LogP contribution in [0.2, 0.25) is 0 Å². The molecule has 0 atom stereocenters. The third-order valence-electron chi connectivity index (χ3n) is 2.62. The summed E-state index contributed by atoms with van der Waals surface area (Å²) < 4.78 is 29.4. The van der Waals surface area contributed by atoms with Crippen LogP contribution in [0, 0.1) is 0 Å². The van der Waals surface area contributed by atoms with Crippen LogP contribution in [0.4, 0.5) is 14.5 Å². The minimum atomic E-state index is -2.47. The summed E-state index contributed by atoms with van der Waals surface area (Å²) in [6, 6.07) is 16.7. The first-order chi connectivity index (χ1) is 9.75. The lowest BCUT2D eigenvalue weighted by molar-refractivity contribution is 0.0814. The van der Waals surface area contributed by atoms with Crippen LogP contribution in [0.5, 0.6) is 5.75 Å². The molecule has 2 aromatic rings. The van der Waals surface area contributed by atoms with E-state index in [4.69, 9.17) is 4.74 Å². The van der Waals surface area contributed by atoms with Gasteiger partial charge in [-0.1, -0.05) is 36.4 Å². The molecule has 0 bridgehead atoms. The Kier molecular flexibility index (Phi) is 5.32. The number of nitrogens with one attached hydrogen (secondary N) is 2. The van der Waals surface area contributed by atoms with Gasteiger partial charge in [-0.2, -0.15) is 0 Å². The molecule has 0 radical (unpaired) electrons. The second kappa shape index (κ2) is 7.45. The summed E-state index contributed by atoms with van der Waals surface area (Å²) in [6.45, 7) is -0.128. The predicted molar refractivity (Wildman–Crippen MR) is 74.8 cm³/mol. The van der Waals surface area contributed by atoms with E-state index in [0.717, 1.165) is 11.3 Å². The molecule has 0 aliphatic heterocycles. The van der Waals surface area contributed by atoms with Crippen molar-refractivity contribution in [2.24, 2.45) is 0 Å². The van der Waals surface area contributed by atoms with Crippen LogP contribution in [0.1, 0.15) is 5.56 Å². The summed E-state index contributed by atoms with van der Waals surface area (Å²) in [6.07, 6.45) is -2.47. The van der Waals surface area contributed by atoms with Crippen LogP contribution >= 0.6 is 0 Å². The van der Waals surface area contributed by atoms with E-state index < -0.39 is 13.0 Å². The van der Waals surface area contributed by atoms with E-state index >= 15 is 0 Å².